The highest BCUT2D eigenvalue weighted by Crippen LogP contribution is 2.29. The standard InChI is InChI=1S/C21H23N3O2/c25-20(13-16-5-3-8-22-15-16)23-9-4-10-24(23)21(26)14-17-11-18-6-1-2-7-19(18)12-17/h1-3,5-8,15,17H,4,9-14H2. The molecule has 5 nitrogen and oxygen atoms in total. The topological polar surface area (TPSA) is 53.5 Å². The number of hydrogen-bond donors (Lipinski definition) is 0. The maximum Gasteiger partial charge on any atom is 0.245 e. The zero-order valence-electron chi connectivity index (χ0n) is 14.8. The molecule has 4 rings (SSSR count). The zero-order chi connectivity index (χ0) is 17.9. The Morgan fingerprint density at radius 3 is 2.31 bits per heavy atom. The first-order valence-electron chi connectivity index (χ1n) is 9.27. The van der Waals surface area contributed by atoms with Gasteiger partial charge >= 0.3 is 0 Å². The molecule has 26 heavy (non-hydrogen) atoms. The van der Waals surface area contributed by atoms with E-state index in [2.05, 4.69) is 29.2 Å². The minimum Gasteiger partial charge on any atom is -0.273 e. The van der Waals surface area contributed by atoms with Crippen molar-refractivity contribution in [2.75, 3.05) is 13.1 Å². The van der Waals surface area contributed by atoms with Gasteiger partial charge in [-0.3, -0.25) is 24.6 Å². The molecule has 134 valence electrons. The summed E-state index contributed by atoms with van der Waals surface area (Å²) in [6.45, 7) is 1.26. The van der Waals surface area contributed by atoms with Crippen LogP contribution in [0.15, 0.2) is 48.8 Å². The van der Waals surface area contributed by atoms with Crippen LogP contribution < -0.4 is 0 Å². The Bertz CT molecular complexity index is 781. The fourth-order valence-corrected chi connectivity index (χ4v) is 4.05. The summed E-state index contributed by atoms with van der Waals surface area (Å²) in [5.74, 6) is 0.383. The molecule has 2 amide bonds. The normalized spacial score (nSPS) is 16.8. The Hall–Kier alpha value is -2.69. The number of amides is 2. The summed E-state index contributed by atoms with van der Waals surface area (Å²) >= 11 is 0. The van der Waals surface area contributed by atoms with Crippen molar-refractivity contribution in [3.05, 3.63) is 65.5 Å². The van der Waals surface area contributed by atoms with Crippen LogP contribution in [-0.4, -0.2) is 39.9 Å². The number of fused-ring (bicyclic) bond motifs is 1. The van der Waals surface area contributed by atoms with Crippen LogP contribution in [0.4, 0.5) is 0 Å². The van der Waals surface area contributed by atoms with Crippen molar-refractivity contribution in [3.8, 4) is 0 Å². The lowest BCUT2D eigenvalue weighted by molar-refractivity contribution is -0.158. The van der Waals surface area contributed by atoms with Crippen LogP contribution in [-0.2, 0) is 28.9 Å². The average molecular weight is 349 g/mol. The van der Waals surface area contributed by atoms with Gasteiger partial charge in [-0.15, -0.1) is 0 Å². The fraction of sp³-hybridized carbons (Fsp3) is 0.381. The molecular formula is C21H23N3O2. The summed E-state index contributed by atoms with van der Waals surface area (Å²) in [5, 5.41) is 3.30. The summed E-state index contributed by atoms with van der Waals surface area (Å²) < 4.78 is 0. The number of hydrazine groups is 1. The maximum absolute atomic E-state index is 12.8. The van der Waals surface area contributed by atoms with E-state index in [0.717, 1.165) is 24.8 Å². The minimum atomic E-state index is -0.0291. The Morgan fingerprint density at radius 2 is 1.65 bits per heavy atom. The Morgan fingerprint density at radius 1 is 0.962 bits per heavy atom. The molecule has 0 atom stereocenters. The lowest BCUT2D eigenvalue weighted by atomic mass is 10.0. The summed E-state index contributed by atoms with van der Waals surface area (Å²) in [4.78, 5) is 29.5. The summed E-state index contributed by atoms with van der Waals surface area (Å²) in [6, 6.07) is 12.1. The minimum absolute atomic E-state index is 0.0291. The molecule has 2 aliphatic rings. The Balaban J connectivity index is 1.37. The molecule has 0 N–H and O–H groups in total. The van der Waals surface area contributed by atoms with E-state index in [9.17, 15) is 9.59 Å². The van der Waals surface area contributed by atoms with Gasteiger partial charge in [0, 0.05) is 31.9 Å². The third-order valence-electron chi connectivity index (χ3n) is 5.28. The van der Waals surface area contributed by atoms with Gasteiger partial charge in [0.2, 0.25) is 11.8 Å². The molecule has 1 aromatic heterocycles. The van der Waals surface area contributed by atoms with E-state index < -0.39 is 0 Å². The lowest BCUT2D eigenvalue weighted by Crippen LogP contribution is -2.46. The molecule has 2 heterocycles. The fourth-order valence-electron chi connectivity index (χ4n) is 4.05. The van der Waals surface area contributed by atoms with Crippen LogP contribution in [0.3, 0.4) is 0 Å². The molecule has 1 saturated heterocycles. The summed E-state index contributed by atoms with van der Waals surface area (Å²) in [7, 11) is 0. The number of rotatable bonds is 4. The zero-order valence-corrected chi connectivity index (χ0v) is 14.8. The van der Waals surface area contributed by atoms with Gasteiger partial charge in [-0.1, -0.05) is 30.3 Å². The predicted molar refractivity (Wildman–Crippen MR) is 97.9 cm³/mol. The van der Waals surface area contributed by atoms with Crippen molar-refractivity contribution in [3.63, 3.8) is 0 Å². The van der Waals surface area contributed by atoms with Crippen molar-refractivity contribution in [1.29, 1.82) is 0 Å². The first-order chi connectivity index (χ1) is 12.7. The van der Waals surface area contributed by atoms with Crippen LogP contribution in [0.2, 0.25) is 0 Å². The molecule has 5 heteroatoms. The van der Waals surface area contributed by atoms with Gasteiger partial charge in [0.15, 0.2) is 0 Å². The molecule has 0 saturated carbocycles. The van der Waals surface area contributed by atoms with E-state index in [1.807, 2.05) is 12.1 Å². The van der Waals surface area contributed by atoms with Gasteiger partial charge in [-0.05, 0) is 47.9 Å². The van der Waals surface area contributed by atoms with Crippen molar-refractivity contribution in [1.82, 2.24) is 15.0 Å². The van der Waals surface area contributed by atoms with Crippen LogP contribution >= 0.6 is 0 Å². The summed E-state index contributed by atoms with van der Waals surface area (Å²) in [6.07, 6.45) is 6.95. The molecule has 1 fully saturated rings. The van der Waals surface area contributed by atoms with E-state index in [1.54, 1.807) is 22.4 Å². The summed E-state index contributed by atoms with van der Waals surface area (Å²) in [5.41, 5.74) is 3.59. The Labute approximate surface area is 153 Å². The molecule has 1 aliphatic heterocycles. The molecule has 2 aromatic rings. The van der Waals surface area contributed by atoms with Crippen molar-refractivity contribution in [2.45, 2.75) is 32.1 Å². The van der Waals surface area contributed by atoms with E-state index in [4.69, 9.17) is 0 Å². The van der Waals surface area contributed by atoms with Gasteiger partial charge in [0.1, 0.15) is 0 Å². The first-order valence-corrected chi connectivity index (χ1v) is 9.27. The Kier molecular flexibility index (Phi) is 4.69. The molecule has 0 unspecified atom stereocenters. The van der Waals surface area contributed by atoms with Gasteiger partial charge in [0.25, 0.3) is 0 Å². The van der Waals surface area contributed by atoms with Gasteiger partial charge in [0.05, 0.1) is 6.42 Å². The highest BCUT2D eigenvalue weighted by Gasteiger charge is 2.33. The number of benzene rings is 1. The quantitative estimate of drug-likeness (QED) is 0.852. The third-order valence-corrected chi connectivity index (χ3v) is 5.28. The molecule has 0 spiro atoms. The second-order valence-corrected chi connectivity index (χ2v) is 7.17. The van der Waals surface area contributed by atoms with Gasteiger partial charge < -0.3 is 0 Å². The SMILES string of the molecule is O=C(Cc1cccnc1)N1CCCN1C(=O)CC1Cc2ccccc2C1. The molecule has 0 bridgehead atoms. The van der Waals surface area contributed by atoms with Crippen LogP contribution in [0, 0.1) is 5.92 Å². The first kappa shape index (κ1) is 16.8. The van der Waals surface area contributed by atoms with E-state index in [-0.39, 0.29) is 18.2 Å². The number of nitrogens with zero attached hydrogens (tertiary/aromatic N) is 3. The van der Waals surface area contributed by atoms with Gasteiger partial charge in [-0.2, -0.15) is 0 Å². The van der Waals surface area contributed by atoms with Gasteiger partial charge in [-0.25, -0.2) is 0 Å². The van der Waals surface area contributed by atoms with Crippen molar-refractivity contribution < 1.29 is 9.59 Å². The molecular weight excluding hydrogens is 326 g/mol. The van der Waals surface area contributed by atoms with E-state index >= 15 is 0 Å². The molecule has 1 aromatic carbocycles. The third kappa shape index (κ3) is 3.47. The van der Waals surface area contributed by atoms with E-state index in [1.165, 1.54) is 11.1 Å². The number of aromatic nitrogens is 1. The molecule has 0 radical (unpaired) electrons. The molecule has 1 aliphatic carbocycles. The maximum atomic E-state index is 12.8. The predicted octanol–water partition coefficient (Wildman–Crippen LogP) is 2.41. The second kappa shape index (κ2) is 7.28. The largest absolute Gasteiger partial charge is 0.273 e. The van der Waals surface area contributed by atoms with Crippen molar-refractivity contribution >= 4 is 11.8 Å². The number of hydrogen-bond acceptors (Lipinski definition) is 3. The van der Waals surface area contributed by atoms with Crippen LogP contribution in [0.5, 0.6) is 0 Å². The van der Waals surface area contributed by atoms with Crippen LogP contribution in [0.1, 0.15) is 29.5 Å². The number of carbonyl (C=O) groups is 2. The average Bonchev–Trinajstić information content (AvgIpc) is 3.29. The number of pyridine rings is 1. The number of carbonyl (C=O) groups excluding carboxylic acids is 2. The highest BCUT2D eigenvalue weighted by molar-refractivity contribution is 5.84. The van der Waals surface area contributed by atoms with Crippen molar-refractivity contribution in [2.24, 2.45) is 5.92 Å². The smallest absolute Gasteiger partial charge is 0.245 e. The highest BCUT2D eigenvalue weighted by atomic mass is 16.2. The van der Waals surface area contributed by atoms with E-state index in [0.29, 0.717) is 25.4 Å². The lowest BCUT2D eigenvalue weighted by Gasteiger charge is -2.29. The second-order valence-electron chi connectivity index (χ2n) is 7.17. The van der Waals surface area contributed by atoms with Crippen LogP contribution in [0.25, 0.3) is 0 Å². The monoisotopic (exact) mass is 349 g/mol.